The van der Waals surface area contributed by atoms with Crippen LogP contribution in [0.3, 0.4) is 0 Å². The van der Waals surface area contributed by atoms with Gasteiger partial charge in [-0.3, -0.25) is 10.3 Å². The minimum Gasteiger partial charge on any atom is -0.308 e. The van der Waals surface area contributed by atoms with Crippen molar-refractivity contribution in [2.45, 2.75) is 6.92 Å². The highest BCUT2D eigenvalue weighted by Crippen LogP contribution is 2.14. The minimum absolute atomic E-state index is 0.664. The summed E-state index contributed by atoms with van der Waals surface area (Å²) in [7, 11) is 1.55. The smallest absolute Gasteiger partial charge is 0.142 e. The minimum atomic E-state index is 0.664. The normalized spacial score (nSPS) is 9.58. The maximum Gasteiger partial charge on any atom is 0.142 e. The van der Waals surface area contributed by atoms with Gasteiger partial charge in [0.05, 0.1) is 19.0 Å². The molecule has 4 N–H and O–H groups in total. The summed E-state index contributed by atoms with van der Waals surface area (Å²) in [5.41, 5.74) is 6.91. The van der Waals surface area contributed by atoms with Gasteiger partial charge in [-0.05, 0) is 18.6 Å². The number of aromatic nitrogens is 1. The molecule has 12 heavy (non-hydrogen) atoms. The van der Waals surface area contributed by atoms with Crippen molar-refractivity contribution in [1.82, 2.24) is 4.98 Å². The standard InChI is InChI=1S/C7H12N4O/c1-5-3-6(11-12-2)4-9-7(5)10-8/h3-4,11H,8H2,1-2H3,(H,9,10). The highest BCUT2D eigenvalue weighted by Gasteiger charge is 1.98. The van der Waals surface area contributed by atoms with Gasteiger partial charge in [0.2, 0.25) is 0 Å². The second-order valence-corrected chi connectivity index (χ2v) is 2.34. The number of rotatable bonds is 3. The largest absolute Gasteiger partial charge is 0.308 e. The molecule has 0 unspecified atom stereocenters. The fourth-order valence-corrected chi connectivity index (χ4v) is 0.900. The fourth-order valence-electron chi connectivity index (χ4n) is 0.900. The molecule has 0 fully saturated rings. The molecule has 0 amide bonds. The maximum absolute atomic E-state index is 5.21. The van der Waals surface area contributed by atoms with Gasteiger partial charge in [-0.25, -0.2) is 10.8 Å². The van der Waals surface area contributed by atoms with Crippen molar-refractivity contribution >= 4 is 11.5 Å². The van der Waals surface area contributed by atoms with Crippen molar-refractivity contribution in [3.63, 3.8) is 0 Å². The molecule has 0 aliphatic carbocycles. The van der Waals surface area contributed by atoms with Crippen LogP contribution in [-0.2, 0) is 4.84 Å². The van der Waals surface area contributed by atoms with Gasteiger partial charge in [0, 0.05) is 0 Å². The van der Waals surface area contributed by atoms with Crippen LogP contribution in [0.5, 0.6) is 0 Å². The van der Waals surface area contributed by atoms with Crippen LogP contribution < -0.4 is 16.7 Å². The molecular formula is C7H12N4O. The van der Waals surface area contributed by atoms with E-state index in [0.29, 0.717) is 5.82 Å². The Labute approximate surface area is 70.9 Å². The fraction of sp³-hybridized carbons (Fsp3) is 0.286. The SMILES string of the molecule is CONc1cnc(NN)c(C)c1. The summed E-state index contributed by atoms with van der Waals surface area (Å²) in [6, 6.07) is 1.88. The predicted molar refractivity (Wildman–Crippen MR) is 47.4 cm³/mol. The van der Waals surface area contributed by atoms with E-state index in [-0.39, 0.29) is 0 Å². The second kappa shape index (κ2) is 3.89. The van der Waals surface area contributed by atoms with Gasteiger partial charge in [-0.1, -0.05) is 0 Å². The quantitative estimate of drug-likeness (QED) is 0.456. The molecule has 1 aromatic rings. The van der Waals surface area contributed by atoms with Gasteiger partial charge in [0.25, 0.3) is 0 Å². The summed E-state index contributed by atoms with van der Waals surface area (Å²) in [5.74, 6) is 5.87. The number of nitrogen functional groups attached to an aromatic ring is 1. The van der Waals surface area contributed by atoms with Crippen LogP contribution in [-0.4, -0.2) is 12.1 Å². The van der Waals surface area contributed by atoms with Crippen LogP contribution in [0.2, 0.25) is 0 Å². The molecule has 0 aliphatic heterocycles. The van der Waals surface area contributed by atoms with Gasteiger partial charge >= 0.3 is 0 Å². The first kappa shape index (κ1) is 8.76. The highest BCUT2D eigenvalue weighted by atomic mass is 16.6. The van der Waals surface area contributed by atoms with Crippen molar-refractivity contribution < 1.29 is 4.84 Å². The predicted octanol–water partition coefficient (Wildman–Crippen LogP) is 0.649. The van der Waals surface area contributed by atoms with E-state index in [4.69, 9.17) is 10.7 Å². The lowest BCUT2D eigenvalue weighted by atomic mass is 10.3. The van der Waals surface area contributed by atoms with E-state index < -0.39 is 0 Å². The van der Waals surface area contributed by atoms with Crippen molar-refractivity contribution in [2.75, 3.05) is 18.0 Å². The summed E-state index contributed by atoms with van der Waals surface area (Å²) in [4.78, 5) is 8.75. The third-order valence-corrected chi connectivity index (χ3v) is 1.43. The van der Waals surface area contributed by atoms with Crippen LogP contribution in [0.1, 0.15) is 5.56 Å². The molecule has 0 saturated carbocycles. The maximum atomic E-state index is 5.21. The van der Waals surface area contributed by atoms with Crippen LogP contribution in [0, 0.1) is 6.92 Å². The first-order valence-corrected chi connectivity index (χ1v) is 3.50. The molecule has 0 aromatic carbocycles. The van der Waals surface area contributed by atoms with Crippen LogP contribution >= 0.6 is 0 Å². The number of nitrogens with zero attached hydrogens (tertiary/aromatic N) is 1. The van der Waals surface area contributed by atoms with E-state index >= 15 is 0 Å². The number of nitrogens with one attached hydrogen (secondary N) is 2. The molecule has 5 nitrogen and oxygen atoms in total. The molecule has 0 saturated heterocycles. The number of hydrazine groups is 1. The summed E-state index contributed by atoms with van der Waals surface area (Å²) >= 11 is 0. The first-order chi connectivity index (χ1) is 5.77. The number of nitrogens with two attached hydrogens (primary N) is 1. The molecule has 0 bridgehead atoms. The van der Waals surface area contributed by atoms with Crippen LogP contribution in [0.25, 0.3) is 0 Å². The van der Waals surface area contributed by atoms with Crippen molar-refractivity contribution in [2.24, 2.45) is 5.84 Å². The molecule has 0 radical (unpaired) electrons. The molecule has 1 aromatic heterocycles. The Hall–Kier alpha value is -1.33. The molecule has 0 atom stereocenters. The lowest BCUT2D eigenvalue weighted by Gasteiger charge is -2.06. The average molecular weight is 168 g/mol. The monoisotopic (exact) mass is 168 g/mol. The van der Waals surface area contributed by atoms with E-state index in [2.05, 4.69) is 15.9 Å². The first-order valence-electron chi connectivity index (χ1n) is 3.50. The van der Waals surface area contributed by atoms with Crippen molar-refractivity contribution in [1.29, 1.82) is 0 Å². The summed E-state index contributed by atoms with van der Waals surface area (Å²) in [6.45, 7) is 1.91. The third-order valence-electron chi connectivity index (χ3n) is 1.43. The summed E-state index contributed by atoms with van der Waals surface area (Å²) in [5, 5.41) is 0. The number of anilines is 2. The molecular weight excluding hydrogens is 156 g/mol. The van der Waals surface area contributed by atoms with Crippen LogP contribution in [0.15, 0.2) is 12.3 Å². The summed E-state index contributed by atoms with van der Waals surface area (Å²) < 4.78 is 0. The topological polar surface area (TPSA) is 72.2 Å². The van der Waals surface area contributed by atoms with Crippen molar-refractivity contribution in [3.05, 3.63) is 17.8 Å². The number of hydrogen-bond donors (Lipinski definition) is 3. The molecule has 1 rings (SSSR count). The zero-order valence-electron chi connectivity index (χ0n) is 7.09. The Balaban J connectivity index is 2.86. The van der Waals surface area contributed by atoms with Gasteiger partial charge in [-0.2, -0.15) is 0 Å². The third kappa shape index (κ3) is 1.84. The van der Waals surface area contributed by atoms with Gasteiger partial charge in [0.1, 0.15) is 5.82 Å². The number of hydrogen-bond acceptors (Lipinski definition) is 5. The molecule has 5 heteroatoms. The van der Waals surface area contributed by atoms with Gasteiger partial charge < -0.3 is 5.43 Å². The van der Waals surface area contributed by atoms with E-state index in [1.165, 1.54) is 0 Å². The Morgan fingerprint density at radius 2 is 2.33 bits per heavy atom. The van der Waals surface area contributed by atoms with Gasteiger partial charge in [-0.15, -0.1) is 0 Å². The van der Waals surface area contributed by atoms with Crippen molar-refractivity contribution in [3.8, 4) is 0 Å². The number of aryl methyl sites for hydroxylation is 1. The highest BCUT2D eigenvalue weighted by molar-refractivity contribution is 5.51. The van der Waals surface area contributed by atoms with E-state index in [1.54, 1.807) is 13.3 Å². The van der Waals surface area contributed by atoms with E-state index in [1.807, 2.05) is 13.0 Å². The Morgan fingerprint density at radius 3 is 2.83 bits per heavy atom. The molecule has 0 spiro atoms. The Morgan fingerprint density at radius 1 is 1.58 bits per heavy atom. The zero-order valence-corrected chi connectivity index (χ0v) is 7.09. The lowest BCUT2D eigenvalue weighted by Crippen LogP contribution is -2.10. The van der Waals surface area contributed by atoms with Gasteiger partial charge in [0.15, 0.2) is 0 Å². The Kier molecular flexibility index (Phi) is 2.84. The Bertz CT molecular complexity index is 264. The van der Waals surface area contributed by atoms with E-state index in [0.717, 1.165) is 11.3 Å². The molecule has 1 heterocycles. The second-order valence-electron chi connectivity index (χ2n) is 2.34. The zero-order chi connectivity index (χ0) is 8.97. The average Bonchev–Trinajstić information content (AvgIpc) is 2.05. The number of pyridine rings is 1. The van der Waals surface area contributed by atoms with Crippen LogP contribution in [0.4, 0.5) is 11.5 Å². The van der Waals surface area contributed by atoms with E-state index in [9.17, 15) is 0 Å². The molecule has 66 valence electrons. The molecule has 0 aliphatic rings. The lowest BCUT2D eigenvalue weighted by molar-refractivity contribution is 0.271. The summed E-state index contributed by atoms with van der Waals surface area (Å²) in [6.07, 6.45) is 1.63.